The zero-order chi connectivity index (χ0) is 14.7. The number of hydrogen-bond donors (Lipinski definition) is 0. The molecule has 0 fully saturated rings. The Labute approximate surface area is 139 Å². The van der Waals surface area contributed by atoms with E-state index >= 15 is 0 Å². The minimum Gasteiger partial charge on any atom is -0.369 e. The molecule has 3 heteroatoms. The number of fused-ring (bicyclic) bond motifs is 1. The highest BCUT2D eigenvalue weighted by atomic mass is 35.5. The first-order valence-corrected chi connectivity index (χ1v) is 7.66. The number of benzene rings is 2. The van der Waals surface area contributed by atoms with E-state index in [-0.39, 0.29) is 18.5 Å². The van der Waals surface area contributed by atoms with E-state index < -0.39 is 0 Å². The number of rotatable bonds is 5. The number of ether oxygens (including phenoxy) is 1. The van der Waals surface area contributed by atoms with Gasteiger partial charge < -0.3 is 9.64 Å². The lowest BCUT2D eigenvalue weighted by Crippen LogP contribution is -2.20. The summed E-state index contributed by atoms with van der Waals surface area (Å²) in [5.74, 6) is 0. The first-order valence-electron chi connectivity index (χ1n) is 7.66. The monoisotopic (exact) mass is 317 g/mol. The molecule has 2 atom stereocenters. The van der Waals surface area contributed by atoms with E-state index in [0.717, 1.165) is 19.4 Å². The van der Waals surface area contributed by atoms with E-state index in [1.807, 2.05) is 0 Å². The fraction of sp³-hybridized carbons (Fsp3) is 0.368. The van der Waals surface area contributed by atoms with Gasteiger partial charge in [-0.3, -0.25) is 0 Å². The van der Waals surface area contributed by atoms with Crippen molar-refractivity contribution < 1.29 is 4.74 Å². The van der Waals surface area contributed by atoms with Gasteiger partial charge in [0.1, 0.15) is 0 Å². The van der Waals surface area contributed by atoms with Gasteiger partial charge in [0.15, 0.2) is 0 Å². The smallest absolute Gasteiger partial charge is 0.0833 e. The van der Waals surface area contributed by atoms with Crippen LogP contribution < -0.4 is 0 Å². The van der Waals surface area contributed by atoms with Crippen molar-refractivity contribution in [1.29, 1.82) is 0 Å². The Hall–Kier alpha value is -1.35. The summed E-state index contributed by atoms with van der Waals surface area (Å²) in [6, 6.07) is 19.8. The number of halogens is 1. The van der Waals surface area contributed by atoms with Gasteiger partial charge in [0.05, 0.1) is 12.7 Å². The summed E-state index contributed by atoms with van der Waals surface area (Å²) >= 11 is 0. The molecule has 1 heterocycles. The zero-order valence-electron chi connectivity index (χ0n) is 13.2. The fourth-order valence-electron chi connectivity index (χ4n) is 3.21. The van der Waals surface area contributed by atoms with Crippen molar-refractivity contribution in [3.05, 3.63) is 71.3 Å². The molecule has 2 aromatic carbocycles. The van der Waals surface area contributed by atoms with Gasteiger partial charge in [0.2, 0.25) is 0 Å². The number of hydrogen-bond acceptors (Lipinski definition) is 2. The van der Waals surface area contributed by atoms with Crippen molar-refractivity contribution in [2.45, 2.75) is 31.6 Å². The lowest BCUT2D eigenvalue weighted by Gasteiger charge is -2.26. The van der Waals surface area contributed by atoms with E-state index in [1.165, 1.54) is 16.7 Å². The van der Waals surface area contributed by atoms with Crippen LogP contribution in [0.2, 0.25) is 0 Å². The molecule has 0 saturated heterocycles. The molecule has 1 aliphatic heterocycles. The minimum absolute atomic E-state index is 0. The molecule has 118 valence electrons. The first-order chi connectivity index (χ1) is 10.3. The predicted octanol–water partition coefficient (Wildman–Crippen LogP) is 4.76. The van der Waals surface area contributed by atoms with Crippen LogP contribution in [0.25, 0.3) is 0 Å². The van der Waals surface area contributed by atoms with Gasteiger partial charge >= 0.3 is 0 Å². The van der Waals surface area contributed by atoms with Crippen molar-refractivity contribution in [2.24, 2.45) is 0 Å². The van der Waals surface area contributed by atoms with Crippen LogP contribution in [0.3, 0.4) is 0 Å². The Balaban J connectivity index is 0.00000176. The van der Waals surface area contributed by atoms with Crippen LogP contribution in [0.15, 0.2) is 54.6 Å². The van der Waals surface area contributed by atoms with E-state index in [2.05, 4.69) is 73.6 Å². The quantitative estimate of drug-likeness (QED) is 0.788. The topological polar surface area (TPSA) is 12.5 Å². The molecule has 0 amide bonds. The number of nitrogens with zero attached hydrogens (tertiary/aromatic N) is 1. The molecule has 22 heavy (non-hydrogen) atoms. The third-order valence-corrected chi connectivity index (χ3v) is 4.35. The second-order valence-corrected chi connectivity index (χ2v) is 5.97. The molecule has 0 aromatic heterocycles. The van der Waals surface area contributed by atoms with Crippen molar-refractivity contribution in [3.63, 3.8) is 0 Å². The Morgan fingerprint density at radius 2 is 1.73 bits per heavy atom. The van der Waals surface area contributed by atoms with Gasteiger partial charge in [0.25, 0.3) is 0 Å². The van der Waals surface area contributed by atoms with Crippen molar-refractivity contribution >= 4 is 12.4 Å². The van der Waals surface area contributed by atoms with Crippen LogP contribution >= 0.6 is 12.4 Å². The molecule has 0 spiro atoms. The molecule has 2 nitrogen and oxygen atoms in total. The Morgan fingerprint density at radius 1 is 1.05 bits per heavy atom. The third-order valence-electron chi connectivity index (χ3n) is 4.35. The van der Waals surface area contributed by atoms with E-state index in [1.54, 1.807) is 0 Å². The molecule has 2 unspecified atom stereocenters. The van der Waals surface area contributed by atoms with Crippen molar-refractivity contribution in [3.8, 4) is 0 Å². The van der Waals surface area contributed by atoms with Crippen molar-refractivity contribution in [2.75, 3.05) is 14.1 Å². The molecule has 1 aliphatic rings. The largest absolute Gasteiger partial charge is 0.369 e. The Kier molecular flexibility index (Phi) is 6.01. The Bertz CT molecular complexity index is 585. The summed E-state index contributed by atoms with van der Waals surface area (Å²) in [6.45, 7) is 0.763. The van der Waals surface area contributed by atoms with E-state index in [4.69, 9.17) is 4.74 Å². The molecule has 3 rings (SSSR count). The minimum atomic E-state index is 0. The summed E-state index contributed by atoms with van der Waals surface area (Å²) in [4.78, 5) is 2.30. The van der Waals surface area contributed by atoms with Gasteiger partial charge in [0, 0.05) is 6.04 Å². The molecule has 2 aromatic rings. The molecular weight excluding hydrogens is 294 g/mol. The average molecular weight is 318 g/mol. The van der Waals surface area contributed by atoms with Crippen LogP contribution in [-0.4, -0.2) is 19.0 Å². The second kappa shape index (κ2) is 7.77. The molecular formula is C19H24ClNO. The first kappa shape index (κ1) is 17.0. The fourth-order valence-corrected chi connectivity index (χ4v) is 3.21. The maximum absolute atomic E-state index is 5.97. The van der Waals surface area contributed by atoms with Gasteiger partial charge in [-0.05, 0) is 43.6 Å². The van der Waals surface area contributed by atoms with Gasteiger partial charge in [-0.15, -0.1) is 12.4 Å². The molecule has 0 saturated carbocycles. The highest BCUT2D eigenvalue weighted by molar-refractivity contribution is 5.85. The summed E-state index contributed by atoms with van der Waals surface area (Å²) in [5, 5.41) is 0. The maximum atomic E-state index is 5.97. The third kappa shape index (κ3) is 3.70. The van der Waals surface area contributed by atoms with Crippen LogP contribution in [0.4, 0.5) is 0 Å². The normalized spacial score (nSPS) is 17.9. The second-order valence-electron chi connectivity index (χ2n) is 5.97. The SMILES string of the molecule is CN(C)C(CCC1OCc2ccccc21)c1ccccc1.Cl. The summed E-state index contributed by atoms with van der Waals surface area (Å²) < 4.78 is 5.97. The highest BCUT2D eigenvalue weighted by Crippen LogP contribution is 2.36. The Morgan fingerprint density at radius 3 is 2.45 bits per heavy atom. The van der Waals surface area contributed by atoms with Crippen LogP contribution in [0.1, 0.15) is 41.7 Å². The summed E-state index contributed by atoms with van der Waals surface area (Å²) in [5.41, 5.74) is 4.11. The average Bonchev–Trinajstić information content (AvgIpc) is 2.92. The van der Waals surface area contributed by atoms with Crippen LogP contribution in [0, 0.1) is 0 Å². The van der Waals surface area contributed by atoms with E-state index in [0.29, 0.717) is 6.04 Å². The predicted molar refractivity (Wildman–Crippen MR) is 93.3 cm³/mol. The molecule has 0 radical (unpaired) electrons. The van der Waals surface area contributed by atoms with Crippen LogP contribution in [0.5, 0.6) is 0 Å². The van der Waals surface area contributed by atoms with Crippen LogP contribution in [-0.2, 0) is 11.3 Å². The lowest BCUT2D eigenvalue weighted by atomic mass is 9.96. The standard InChI is InChI=1S/C19H23NO.ClH/c1-20(2)18(15-8-4-3-5-9-15)12-13-19-17-11-7-6-10-16(17)14-21-19;/h3-11,18-19H,12-14H2,1-2H3;1H. The lowest BCUT2D eigenvalue weighted by molar-refractivity contribution is 0.0532. The summed E-state index contributed by atoms with van der Waals surface area (Å²) in [7, 11) is 4.31. The summed E-state index contributed by atoms with van der Waals surface area (Å²) in [6.07, 6.45) is 2.43. The molecule has 0 N–H and O–H groups in total. The van der Waals surface area contributed by atoms with Crippen molar-refractivity contribution in [1.82, 2.24) is 4.90 Å². The van der Waals surface area contributed by atoms with Gasteiger partial charge in [-0.25, -0.2) is 0 Å². The van der Waals surface area contributed by atoms with Gasteiger partial charge in [-0.1, -0.05) is 54.6 Å². The van der Waals surface area contributed by atoms with E-state index in [9.17, 15) is 0 Å². The maximum Gasteiger partial charge on any atom is 0.0833 e. The highest BCUT2D eigenvalue weighted by Gasteiger charge is 2.24. The van der Waals surface area contributed by atoms with Gasteiger partial charge in [-0.2, -0.15) is 0 Å². The zero-order valence-corrected chi connectivity index (χ0v) is 14.1. The molecule has 0 aliphatic carbocycles. The molecule has 0 bridgehead atoms.